The molecule has 0 saturated carbocycles. The van der Waals surface area contributed by atoms with E-state index in [-0.39, 0.29) is 0 Å². The first-order valence-corrected chi connectivity index (χ1v) is 3.16. The average molecular weight is 98.2 g/mol. The largest absolute Gasteiger partial charge is 0.313 e. The lowest BCUT2D eigenvalue weighted by atomic mass is 10.0. The van der Waals surface area contributed by atoms with Crippen molar-refractivity contribution in [2.45, 2.75) is 6.92 Å². The number of nitrogens with zero attached hydrogens (tertiary/aromatic N) is 1. The van der Waals surface area contributed by atoms with Crippen LogP contribution in [0.25, 0.3) is 0 Å². The summed E-state index contributed by atoms with van der Waals surface area (Å²) in [5.74, 6) is 1.04. The third-order valence-corrected chi connectivity index (χ3v) is 2.25. The van der Waals surface area contributed by atoms with E-state index in [4.69, 9.17) is 0 Å². The molecule has 2 saturated heterocycles. The Hall–Kier alpha value is -0.0400. The summed E-state index contributed by atoms with van der Waals surface area (Å²) in [6.07, 6.45) is 0. The smallest absolute Gasteiger partial charge is 0.129 e. The van der Waals surface area contributed by atoms with E-state index in [2.05, 4.69) is 6.92 Å². The van der Waals surface area contributed by atoms with Gasteiger partial charge in [0.1, 0.15) is 13.1 Å². The van der Waals surface area contributed by atoms with E-state index in [1.807, 2.05) is 0 Å². The highest BCUT2D eigenvalue weighted by Gasteiger charge is 2.51. The highest BCUT2D eigenvalue weighted by Crippen LogP contribution is 2.33. The monoisotopic (exact) mass is 98.1 g/mol. The predicted molar refractivity (Wildman–Crippen MR) is 28.9 cm³/mol. The Morgan fingerprint density at radius 1 is 1.29 bits per heavy atom. The van der Waals surface area contributed by atoms with Crippen molar-refractivity contribution in [1.82, 2.24) is 0 Å². The van der Waals surface area contributed by atoms with Crippen molar-refractivity contribution in [3.05, 3.63) is 0 Å². The Kier molecular flexibility index (Phi) is 0.487. The molecule has 0 bridgehead atoms. The molecule has 0 atom stereocenters. The van der Waals surface area contributed by atoms with Gasteiger partial charge < -0.3 is 4.48 Å². The van der Waals surface area contributed by atoms with Crippen LogP contribution in [0.3, 0.4) is 0 Å². The van der Waals surface area contributed by atoms with Gasteiger partial charge in [0.15, 0.2) is 0 Å². The molecule has 2 rings (SSSR count). The van der Waals surface area contributed by atoms with E-state index in [1.165, 1.54) is 30.7 Å². The summed E-state index contributed by atoms with van der Waals surface area (Å²) in [7, 11) is 0. The number of hydrogen-bond acceptors (Lipinski definition) is 0. The second-order valence-corrected chi connectivity index (χ2v) is 3.26. The van der Waals surface area contributed by atoms with Crippen molar-refractivity contribution in [1.29, 1.82) is 0 Å². The fraction of sp³-hybridized carbons (Fsp3) is 1.00. The fourth-order valence-electron chi connectivity index (χ4n) is 1.78. The summed E-state index contributed by atoms with van der Waals surface area (Å²) in [6.45, 7) is 8.30. The summed E-state index contributed by atoms with van der Waals surface area (Å²) in [5.41, 5.74) is 0. The second-order valence-electron chi connectivity index (χ2n) is 3.26. The van der Waals surface area contributed by atoms with Gasteiger partial charge >= 0.3 is 0 Å². The Labute approximate surface area is 44.5 Å². The van der Waals surface area contributed by atoms with E-state index in [0.29, 0.717) is 0 Å². The van der Waals surface area contributed by atoms with E-state index >= 15 is 0 Å². The van der Waals surface area contributed by atoms with Crippen LogP contribution in [-0.2, 0) is 0 Å². The van der Waals surface area contributed by atoms with Crippen LogP contribution in [0.15, 0.2) is 0 Å². The lowest BCUT2D eigenvalue weighted by Crippen LogP contribution is -2.47. The molecule has 0 aromatic heterocycles. The first kappa shape index (κ1) is 3.90. The first-order chi connectivity index (χ1) is 3.31. The van der Waals surface area contributed by atoms with E-state index in [1.54, 1.807) is 0 Å². The Balaban J connectivity index is 1.97. The molecule has 2 fully saturated rings. The molecule has 1 heteroatoms. The Morgan fingerprint density at radius 2 is 1.86 bits per heavy atom. The van der Waals surface area contributed by atoms with Gasteiger partial charge in [0, 0.05) is 0 Å². The molecule has 7 heavy (non-hydrogen) atoms. The maximum Gasteiger partial charge on any atom is 0.129 e. The van der Waals surface area contributed by atoms with Crippen molar-refractivity contribution >= 4 is 0 Å². The standard InChI is InChI=1S/C6H12N/c1-6-4-7(5-6)2-3-7/h6H,2-5H2,1H3/q+1. The number of hydrogen-bond donors (Lipinski definition) is 0. The van der Waals surface area contributed by atoms with Gasteiger partial charge in [0.05, 0.1) is 19.0 Å². The van der Waals surface area contributed by atoms with Crippen LogP contribution >= 0.6 is 0 Å². The van der Waals surface area contributed by atoms with Gasteiger partial charge in [0.2, 0.25) is 0 Å². The molecule has 2 aliphatic heterocycles. The van der Waals surface area contributed by atoms with Gasteiger partial charge in [-0.05, 0) is 0 Å². The van der Waals surface area contributed by atoms with E-state index in [0.717, 1.165) is 5.92 Å². The summed E-state index contributed by atoms with van der Waals surface area (Å²) in [6, 6.07) is 0. The number of quaternary nitrogens is 1. The average Bonchev–Trinajstić information content (AvgIpc) is 2.14. The van der Waals surface area contributed by atoms with Crippen LogP contribution in [0.1, 0.15) is 6.92 Å². The maximum atomic E-state index is 2.35. The van der Waals surface area contributed by atoms with Crippen molar-refractivity contribution in [2.24, 2.45) is 5.92 Å². The van der Waals surface area contributed by atoms with Crippen LogP contribution in [0.2, 0.25) is 0 Å². The summed E-state index contributed by atoms with van der Waals surface area (Å²) in [4.78, 5) is 0. The van der Waals surface area contributed by atoms with Crippen molar-refractivity contribution in [3.8, 4) is 0 Å². The Morgan fingerprint density at radius 3 is 2.00 bits per heavy atom. The molecule has 0 radical (unpaired) electrons. The number of rotatable bonds is 0. The minimum absolute atomic E-state index is 1.04. The molecule has 0 aromatic rings. The van der Waals surface area contributed by atoms with Crippen LogP contribution in [0.4, 0.5) is 0 Å². The van der Waals surface area contributed by atoms with Crippen molar-refractivity contribution < 1.29 is 4.48 Å². The molecule has 0 unspecified atom stereocenters. The Bertz CT molecular complexity index is 86.4. The normalized spacial score (nSPS) is 35.6. The van der Waals surface area contributed by atoms with Gasteiger partial charge in [-0.3, -0.25) is 0 Å². The predicted octanol–water partition coefficient (Wildman–Crippen LogP) is 0.466. The molecule has 2 aliphatic rings. The third kappa shape index (κ3) is 0.418. The first-order valence-electron chi connectivity index (χ1n) is 3.16. The van der Waals surface area contributed by atoms with Gasteiger partial charge in [-0.25, -0.2) is 0 Å². The van der Waals surface area contributed by atoms with Crippen LogP contribution < -0.4 is 0 Å². The zero-order valence-electron chi connectivity index (χ0n) is 4.85. The second kappa shape index (κ2) is 0.873. The molecular weight excluding hydrogens is 86.1 g/mol. The van der Waals surface area contributed by atoms with Gasteiger partial charge in [0.25, 0.3) is 0 Å². The quantitative estimate of drug-likeness (QED) is 0.305. The molecule has 1 spiro atoms. The minimum Gasteiger partial charge on any atom is -0.313 e. The lowest BCUT2D eigenvalue weighted by Gasteiger charge is -2.33. The zero-order valence-corrected chi connectivity index (χ0v) is 4.85. The van der Waals surface area contributed by atoms with E-state index in [9.17, 15) is 0 Å². The summed E-state index contributed by atoms with van der Waals surface area (Å²) in [5, 5.41) is 0. The molecule has 40 valence electrons. The molecule has 1 nitrogen and oxygen atoms in total. The summed E-state index contributed by atoms with van der Waals surface area (Å²) >= 11 is 0. The van der Waals surface area contributed by atoms with Gasteiger partial charge in [-0.2, -0.15) is 0 Å². The molecule has 0 aromatic carbocycles. The van der Waals surface area contributed by atoms with Gasteiger partial charge in [-0.1, -0.05) is 6.92 Å². The van der Waals surface area contributed by atoms with Gasteiger partial charge in [-0.15, -0.1) is 0 Å². The highest BCUT2D eigenvalue weighted by molar-refractivity contribution is 4.71. The molecule has 0 N–H and O–H groups in total. The third-order valence-electron chi connectivity index (χ3n) is 2.25. The summed E-state index contributed by atoms with van der Waals surface area (Å²) < 4.78 is 1.49. The van der Waals surface area contributed by atoms with Crippen molar-refractivity contribution in [2.75, 3.05) is 26.2 Å². The zero-order chi connectivity index (χ0) is 4.91. The molecule has 0 amide bonds. The lowest BCUT2D eigenvalue weighted by molar-refractivity contribution is -0.854. The van der Waals surface area contributed by atoms with Crippen molar-refractivity contribution in [3.63, 3.8) is 0 Å². The van der Waals surface area contributed by atoms with Crippen LogP contribution in [0.5, 0.6) is 0 Å². The molecule has 2 heterocycles. The van der Waals surface area contributed by atoms with Crippen LogP contribution in [-0.4, -0.2) is 30.7 Å². The minimum atomic E-state index is 1.04. The SMILES string of the molecule is CC1C[N+]2(CC2)C1. The molecular formula is C6H12N+. The maximum absolute atomic E-state index is 2.35. The topological polar surface area (TPSA) is 0 Å². The van der Waals surface area contributed by atoms with E-state index < -0.39 is 0 Å². The highest BCUT2D eigenvalue weighted by atomic mass is 15.5. The fourth-order valence-corrected chi connectivity index (χ4v) is 1.78. The van der Waals surface area contributed by atoms with Crippen LogP contribution in [0, 0.1) is 5.92 Å². The molecule has 0 aliphatic carbocycles.